The van der Waals surface area contributed by atoms with Crippen LogP contribution in [0.25, 0.3) is 0 Å². The molecule has 3 N–H and O–H groups in total. The molecule has 1 fully saturated rings. The molecule has 4 nitrogen and oxygen atoms in total. The van der Waals surface area contributed by atoms with Gasteiger partial charge in [0.05, 0.1) is 0 Å². The second-order valence-corrected chi connectivity index (χ2v) is 4.19. The number of anilines is 1. The highest BCUT2D eigenvalue weighted by Crippen LogP contribution is 2.23. The molecule has 0 bridgehead atoms. The van der Waals surface area contributed by atoms with Crippen LogP contribution in [0.5, 0.6) is 0 Å². The number of carbonyl (C=O) groups excluding carboxylic acids is 1. The van der Waals surface area contributed by atoms with Crippen LogP contribution in [0, 0.1) is 5.92 Å². The number of nitrogens with two attached hydrogens (primary N) is 1. The number of nitrogens with zero attached hydrogens (tertiary/aromatic N) is 1. The zero-order valence-corrected chi connectivity index (χ0v) is 9.10. The Morgan fingerprint density at radius 2 is 2.12 bits per heavy atom. The van der Waals surface area contributed by atoms with Crippen molar-refractivity contribution >= 4 is 11.6 Å². The predicted molar refractivity (Wildman–Crippen MR) is 62.4 cm³/mol. The Kier molecular flexibility index (Phi) is 3.10. The summed E-state index contributed by atoms with van der Waals surface area (Å²) in [7, 11) is 0. The Morgan fingerprint density at radius 1 is 1.44 bits per heavy atom. The van der Waals surface area contributed by atoms with E-state index in [1.807, 2.05) is 12.1 Å². The van der Waals surface area contributed by atoms with Gasteiger partial charge in [0.15, 0.2) is 0 Å². The molecular formula is C12H16N2O2. The first-order chi connectivity index (χ1) is 7.70. The molecular weight excluding hydrogens is 204 g/mol. The first kappa shape index (κ1) is 11.0. The van der Waals surface area contributed by atoms with E-state index < -0.39 is 5.91 Å². The van der Waals surface area contributed by atoms with Crippen LogP contribution in [0.3, 0.4) is 0 Å². The molecule has 1 saturated heterocycles. The highest BCUT2D eigenvalue weighted by Gasteiger charge is 2.21. The molecule has 0 saturated carbocycles. The van der Waals surface area contributed by atoms with Gasteiger partial charge in [-0.15, -0.1) is 0 Å². The predicted octanol–water partition coefficient (Wildman–Crippen LogP) is 0.604. The molecule has 1 aromatic rings. The maximum atomic E-state index is 10.9. The van der Waals surface area contributed by atoms with Crippen molar-refractivity contribution in [3.8, 4) is 0 Å². The van der Waals surface area contributed by atoms with E-state index in [4.69, 9.17) is 10.8 Å². The summed E-state index contributed by atoms with van der Waals surface area (Å²) < 4.78 is 0. The van der Waals surface area contributed by atoms with Crippen LogP contribution in [0.15, 0.2) is 24.3 Å². The van der Waals surface area contributed by atoms with Crippen LogP contribution in [0.1, 0.15) is 16.8 Å². The minimum atomic E-state index is -0.402. The first-order valence-electron chi connectivity index (χ1n) is 5.46. The monoisotopic (exact) mass is 220 g/mol. The number of hydrogen-bond acceptors (Lipinski definition) is 3. The lowest BCUT2D eigenvalue weighted by Gasteiger charge is -2.18. The number of primary amides is 1. The fourth-order valence-electron chi connectivity index (χ4n) is 2.05. The number of carbonyl (C=O) groups is 1. The molecule has 1 amide bonds. The Balaban J connectivity index is 2.08. The van der Waals surface area contributed by atoms with Gasteiger partial charge in [0.1, 0.15) is 0 Å². The first-order valence-corrected chi connectivity index (χ1v) is 5.46. The molecule has 1 heterocycles. The van der Waals surface area contributed by atoms with Gasteiger partial charge in [-0.3, -0.25) is 4.79 Å². The number of rotatable bonds is 3. The third kappa shape index (κ3) is 2.17. The van der Waals surface area contributed by atoms with Gasteiger partial charge >= 0.3 is 0 Å². The number of benzene rings is 1. The van der Waals surface area contributed by atoms with E-state index in [1.165, 1.54) is 0 Å². The number of aliphatic hydroxyl groups is 1. The molecule has 1 aliphatic heterocycles. The minimum absolute atomic E-state index is 0.246. The summed E-state index contributed by atoms with van der Waals surface area (Å²) in [5, 5.41) is 9.06. The van der Waals surface area contributed by atoms with Crippen molar-refractivity contribution in [2.45, 2.75) is 6.42 Å². The number of amides is 1. The smallest absolute Gasteiger partial charge is 0.248 e. The van der Waals surface area contributed by atoms with E-state index in [2.05, 4.69) is 4.90 Å². The van der Waals surface area contributed by atoms with Gasteiger partial charge in [-0.25, -0.2) is 0 Å². The molecule has 86 valence electrons. The summed E-state index contributed by atoms with van der Waals surface area (Å²) in [5.74, 6) is -0.0305. The number of aliphatic hydroxyl groups excluding tert-OH is 1. The molecule has 4 heteroatoms. The molecule has 0 unspecified atom stereocenters. The van der Waals surface area contributed by atoms with Crippen LogP contribution < -0.4 is 10.6 Å². The highest BCUT2D eigenvalue weighted by atomic mass is 16.3. The van der Waals surface area contributed by atoms with Crippen molar-refractivity contribution in [2.75, 3.05) is 24.6 Å². The topological polar surface area (TPSA) is 66.6 Å². The summed E-state index contributed by atoms with van der Waals surface area (Å²) in [6.45, 7) is 2.09. The van der Waals surface area contributed by atoms with Gasteiger partial charge in [-0.05, 0) is 30.7 Å². The fraction of sp³-hybridized carbons (Fsp3) is 0.417. The average Bonchev–Trinajstić information content (AvgIpc) is 2.77. The van der Waals surface area contributed by atoms with Crippen LogP contribution in [-0.2, 0) is 0 Å². The summed E-state index contributed by atoms with van der Waals surface area (Å²) in [5.41, 5.74) is 6.79. The van der Waals surface area contributed by atoms with E-state index in [-0.39, 0.29) is 6.61 Å². The van der Waals surface area contributed by atoms with Crippen LogP contribution in [0.4, 0.5) is 5.69 Å². The number of hydrogen-bond donors (Lipinski definition) is 2. The van der Waals surface area contributed by atoms with Gasteiger partial charge in [0.2, 0.25) is 5.91 Å². The molecule has 0 spiro atoms. The molecule has 16 heavy (non-hydrogen) atoms. The maximum absolute atomic E-state index is 10.9. The van der Waals surface area contributed by atoms with Gasteiger partial charge in [0.25, 0.3) is 0 Å². The van der Waals surface area contributed by atoms with E-state index in [0.717, 1.165) is 25.2 Å². The molecule has 1 aromatic carbocycles. The maximum Gasteiger partial charge on any atom is 0.248 e. The van der Waals surface area contributed by atoms with E-state index in [1.54, 1.807) is 12.1 Å². The second kappa shape index (κ2) is 4.53. The fourth-order valence-corrected chi connectivity index (χ4v) is 2.05. The zero-order chi connectivity index (χ0) is 11.5. The van der Waals surface area contributed by atoms with Crippen molar-refractivity contribution < 1.29 is 9.90 Å². The molecule has 0 aliphatic carbocycles. The lowest BCUT2D eigenvalue weighted by atomic mass is 10.1. The highest BCUT2D eigenvalue weighted by molar-refractivity contribution is 5.93. The second-order valence-electron chi connectivity index (χ2n) is 4.19. The molecule has 1 atom stereocenters. The minimum Gasteiger partial charge on any atom is -0.396 e. The largest absolute Gasteiger partial charge is 0.396 e. The Morgan fingerprint density at radius 3 is 2.62 bits per heavy atom. The van der Waals surface area contributed by atoms with Crippen LogP contribution >= 0.6 is 0 Å². The van der Waals surface area contributed by atoms with E-state index in [0.29, 0.717) is 11.5 Å². The standard InChI is InChI=1S/C12H16N2O2/c13-12(16)10-1-3-11(4-2-10)14-6-5-9(7-14)8-15/h1-4,9,15H,5-8H2,(H2,13,16)/t9-/m1/s1. The Hall–Kier alpha value is -1.55. The summed E-state index contributed by atoms with van der Waals surface area (Å²) in [6.07, 6.45) is 1.02. The van der Waals surface area contributed by atoms with E-state index >= 15 is 0 Å². The normalized spacial score (nSPS) is 20.1. The van der Waals surface area contributed by atoms with Gasteiger partial charge in [-0.2, -0.15) is 0 Å². The SMILES string of the molecule is NC(=O)c1ccc(N2CC[C@@H](CO)C2)cc1. The third-order valence-electron chi connectivity index (χ3n) is 3.06. The average molecular weight is 220 g/mol. The lowest BCUT2D eigenvalue weighted by Crippen LogP contribution is -2.20. The summed E-state index contributed by atoms with van der Waals surface area (Å²) in [6, 6.07) is 7.29. The van der Waals surface area contributed by atoms with Gasteiger partial charge in [0, 0.05) is 36.9 Å². The Bertz CT molecular complexity index is 375. The quantitative estimate of drug-likeness (QED) is 0.784. The van der Waals surface area contributed by atoms with Crippen molar-refractivity contribution in [3.05, 3.63) is 29.8 Å². The van der Waals surface area contributed by atoms with Gasteiger partial charge < -0.3 is 15.7 Å². The summed E-state index contributed by atoms with van der Waals surface area (Å²) >= 11 is 0. The molecule has 0 aromatic heterocycles. The van der Waals surface area contributed by atoms with Crippen molar-refractivity contribution in [1.29, 1.82) is 0 Å². The molecule has 2 rings (SSSR count). The lowest BCUT2D eigenvalue weighted by molar-refractivity contribution is 0.100. The van der Waals surface area contributed by atoms with Crippen LogP contribution in [-0.4, -0.2) is 30.7 Å². The van der Waals surface area contributed by atoms with E-state index in [9.17, 15) is 4.79 Å². The van der Waals surface area contributed by atoms with Crippen molar-refractivity contribution in [1.82, 2.24) is 0 Å². The van der Waals surface area contributed by atoms with Gasteiger partial charge in [-0.1, -0.05) is 0 Å². The van der Waals surface area contributed by atoms with Crippen LogP contribution in [0.2, 0.25) is 0 Å². The molecule has 1 aliphatic rings. The molecule has 0 radical (unpaired) electrons. The Labute approximate surface area is 94.7 Å². The zero-order valence-electron chi connectivity index (χ0n) is 9.10. The van der Waals surface area contributed by atoms with Crippen molar-refractivity contribution in [2.24, 2.45) is 11.7 Å². The van der Waals surface area contributed by atoms with Crippen molar-refractivity contribution in [3.63, 3.8) is 0 Å². The summed E-state index contributed by atoms with van der Waals surface area (Å²) in [4.78, 5) is 13.1. The third-order valence-corrected chi connectivity index (χ3v) is 3.06.